The molecule has 2 rings (SSSR count). The quantitative estimate of drug-likeness (QED) is 0.791. The van der Waals surface area contributed by atoms with Crippen molar-refractivity contribution in [3.8, 4) is 0 Å². The minimum Gasteiger partial charge on any atom is -0.396 e. The zero-order chi connectivity index (χ0) is 15.1. The second kappa shape index (κ2) is 8.16. The third-order valence-electron chi connectivity index (χ3n) is 4.25. The predicted octanol–water partition coefficient (Wildman–Crippen LogP) is 4.04. The normalized spacial score (nSPS) is 13.0. The Balaban J connectivity index is 2.08. The molecule has 1 unspecified atom stereocenters. The van der Waals surface area contributed by atoms with E-state index in [1.165, 1.54) is 22.8 Å². The summed E-state index contributed by atoms with van der Waals surface area (Å²) in [5.41, 5.74) is 1.25. The van der Waals surface area contributed by atoms with Gasteiger partial charge in [0.05, 0.1) is 0 Å². The molecule has 0 aliphatic rings. The lowest BCUT2D eigenvalue weighted by Crippen LogP contribution is -2.27. The zero-order valence-electron chi connectivity index (χ0n) is 13.3. The molecular weight excluding hydrogens is 258 g/mol. The van der Waals surface area contributed by atoms with Crippen LogP contribution in [-0.2, 0) is 0 Å². The van der Waals surface area contributed by atoms with Gasteiger partial charge in [-0.05, 0) is 48.8 Å². The van der Waals surface area contributed by atoms with Crippen molar-refractivity contribution in [2.75, 3.05) is 26.2 Å². The molecule has 0 amide bonds. The maximum atomic E-state index is 9.75. The Morgan fingerprint density at radius 2 is 1.76 bits per heavy atom. The number of nitrogens with zero attached hydrogens (tertiary/aromatic N) is 1. The lowest BCUT2D eigenvalue weighted by molar-refractivity contribution is 0.227. The molecule has 0 aromatic heterocycles. The zero-order valence-corrected chi connectivity index (χ0v) is 13.3. The highest BCUT2D eigenvalue weighted by Crippen LogP contribution is 2.24. The average molecular weight is 285 g/mol. The van der Waals surface area contributed by atoms with Gasteiger partial charge in [0.25, 0.3) is 0 Å². The van der Waals surface area contributed by atoms with Gasteiger partial charge in [-0.1, -0.05) is 56.3 Å². The third kappa shape index (κ3) is 4.29. The summed E-state index contributed by atoms with van der Waals surface area (Å²) in [5, 5.41) is 12.3. The molecule has 0 heterocycles. The van der Waals surface area contributed by atoms with Gasteiger partial charge in [-0.25, -0.2) is 0 Å². The molecule has 2 aromatic carbocycles. The standard InChI is InChI=1S/C19H27NO/c1-3-12-20(4-2)13-11-19(15-21)18-10-9-16-7-5-6-8-17(16)14-18/h5-10,14,19,21H,3-4,11-13,15H2,1-2H3. The second-order valence-electron chi connectivity index (χ2n) is 5.71. The second-order valence-corrected chi connectivity index (χ2v) is 5.71. The molecule has 0 fully saturated rings. The lowest BCUT2D eigenvalue weighted by atomic mass is 9.94. The van der Waals surface area contributed by atoms with Crippen molar-refractivity contribution in [2.45, 2.75) is 32.6 Å². The molecule has 0 bridgehead atoms. The Labute approximate surface area is 128 Å². The van der Waals surface area contributed by atoms with Gasteiger partial charge in [-0.2, -0.15) is 0 Å². The number of fused-ring (bicyclic) bond motifs is 1. The van der Waals surface area contributed by atoms with Gasteiger partial charge in [-0.15, -0.1) is 0 Å². The van der Waals surface area contributed by atoms with Crippen molar-refractivity contribution in [3.63, 3.8) is 0 Å². The molecule has 0 aliphatic carbocycles. The van der Waals surface area contributed by atoms with Gasteiger partial charge in [0.1, 0.15) is 0 Å². The third-order valence-corrected chi connectivity index (χ3v) is 4.25. The summed E-state index contributed by atoms with van der Waals surface area (Å²) in [4.78, 5) is 2.46. The van der Waals surface area contributed by atoms with Crippen LogP contribution in [0.5, 0.6) is 0 Å². The number of rotatable bonds is 8. The van der Waals surface area contributed by atoms with E-state index in [0.717, 1.165) is 26.1 Å². The fraction of sp³-hybridized carbons (Fsp3) is 0.474. The first-order valence-corrected chi connectivity index (χ1v) is 8.10. The van der Waals surface area contributed by atoms with E-state index in [0.29, 0.717) is 0 Å². The predicted molar refractivity (Wildman–Crippen MR) is 90.8 cm³/mol. The van der Waals surface area contributed by atoms with E-state index in [2.05, 4.69) is 61.2 Å². The molecule has 0 spiro atoms. The molecule has 2 aromatic rings. The van der Waals surface area contributed by atoms with Crippen LogP contribution in [0.3, 0.4) is 0 Å². The van der Waals surface area contributed by atoms with Crippen LogP contribution < -0.4 is 0 Å². The molecule has 2 heteroatoms. The smallest absolute Gasteiger partial charge is 0.0500 e. The highest BCUT2D eigenvalue weighted by molar-refractivity contribution is 5.83. The highest BCUT2D eigenvalue weighted by Gasteiger charge is 2.12. The summed E-state index contributed by atoms with van der Waals surface area (Å²) < 4.78 is 0. The Bertz CT molecular complexity index is 552. The van der Waals surface area contributed by atoms with E-state index in [1.54, 1.807) is 0 Å². The maximum Gasteiger partial charge on any atom is 0.0500 e. The van der Waals surface area contributed by atoms with Crippen LogP contribution in [0.1, 0.15) is 38.2 Å². The minimum absolute atomic E-state index is 0.224. The number of benzene rings is 2. The molecule has 2 nitrogen and oxygen atoms in total. The van der Waals surface area contributed by atoms with Crippen LogP contribution in [0.25, 0.3) is 10.8 Å². The molecule has 0 radical (unpaired) electrons. The summed E-state index contributed by atoms with van der Waals surface area (Å²) in [7, 11) is 0. The molecule has 1 N–H and O–H groups in total. The number of aliphatic hydroxyl groups excluding tert-OH is 1. The summed E-state index contributed by atoms with van der Waals surface area (Å²) in [5.74, 6) is 0.237. The maximum absolute atomic E-state index is 9.75. The van der Waals surface area contributed by atoms with Gasteiger partial charge in [-0.3, -0.25) is 0 Å². The van der Waals surface area contributed by atoms with Crippen molar-refractivity contribution in [1.82, 2.24) is 4.90 Å². The minimum atomic E-state index is 0.224. The molecule has 1 atom stereocenters. The highest BCUT2D eigenvalue weighted by atomic mass is 16.3. The van der Waals surface area contributed by atoms with Crippen LogP contribution in [0.4, 0.5) is 0 Å². The van der Waals surface area contributed by atoms with Crippen molar-refractivity contribution < 1.29 is 5.11 Å². The molecular formula is C19H27NO. The van der Waals surface area contributed by atoms with Gasteiger partial charge in [0.15, 0.2) is 0 Å². The average Bonchev–Trinajstić information content (AvgIpc) is 2.54. The first-order chi connectivity index (χ1) is 10.3. The molecule has 0 saturated carbocycles. The van der Waals surface area contributed by atoms with Crippen LogP contribution in [0.15, 0.2) is 42.5 Å². The Hall–Kier alpha value is -1.38. The topological polar surface area (TPSA) is 23.5 Å². The van der Waals surface area contributed by atoms with Gasteiger partial charge in [0.2, 0.25) is 0 Å². The number of hydrogen-bond acceptors (Lipinski definition) is 2. The van der Waals surface area contributed by atoms with Crippen LogP contribution >= 0.6 is 0 Å². The van der Waals surface area contributed by atoms with Crippen LogP contribution in [0.2, 0.25) is 0 Å². The van der Waals surface area contributed by atoms with Gasteiger partial charge < -0.3 is 10.0 Å². The fourth-order valence-electron chi connectivity index (χ4n) is 2.91. The van der Waals surface area contributed by atoms with E-state index in [4.69, 9.17) is 0 Å². The largest absolute Gasteiger partial charge is 0.396 e. The van der Waals surface area contributed by atoms with E-state index in [9.17, 15) is 5.11 Å². The Kier molecular flexibility index (Phi) is 6.21. The molecule has 0 saturated heterocycles. The summed E-state index contributed by atoms with van der Waals surface area (Å²) in [6, 6.07) is 15.0. The Morgan fingerprint density at radius 1 is 1.00 bits per heavy atom. The van der Waals surface area contributed by atoms with Gasteiger partial charge in [0, 0.05) is 12.5 Å². The van der Waals surface area contributed by atoms with Crippen molar-refractivity contribution in [2.24, 2.45) is 0 Å². The van der Waals surface area contributed by atoms with E-state index >= 15 is 0 Å². The summed E-state index contributed by atoms with van der Waals surface area (Å²) in [6.07, 6.45) is 2.20. The Morgan fingerprint density at radius 3 is 2.43 bits per heavy atom. The SMILES string of the molecule is CCCN(CC)CCC(CO)c1ccc2ccccc2c1. The first kappa shape index (κ1) is 16.0. The number of hydrogen-bond donors (Lipinski definition) is 1. The lowest BCUT2D eigenvalue weighted by Gasteiger charge is -2.23. The van der Waals surface area contributed by atoms with Gasteiger partial charge >= 0.3 is 0 Å². The van der Waals surface area contributed by atoms with E-state index < -0.39 is 0 Å². The molecule has 114 valence electrons. The van der Waals surface area contributed by atoms with Crippen LogP contribution in [0, 0.1) is 0 Å². The first-order valence-electron chi connectivity index (χ1n) is 8.10. The van der Waals surface area contributed by atoms with E-state index in [-0.39, 0.29) is 12.5 Å². The van der Waals surface area contributed by atoms with Crippen LogP contribution in [-0.4, -0.2) is 36.2 Å². The van der Waals surface area contributed by atoms with Crippen molar-refractivity contribution in [3.05, 3.63) is 48.0 Å². The summed E-state index contributed by atoms with van der Waals surface area (Å²) >= 11 is 0. The number of aliphatic hydroxyl groups is 1. The molecule has 21 heavy (non-hydrogen) atoms. The van der Waals surface area contributed by atoms with Crippen molar-refractivity contribution >= 4 is 10.8 Å². The molecule has 0 aliphatic heterocycles. The van der Waals surface area contributed by atoms with Crippen molar-refractivity contribution in [1.29, 1.82) is 0 Å². The monoisotopic (exact) mass is 285 g/mol. The summed E-state index contributed by atoms with van der Waals surface area (Å²) in [6.45, 7) is 7.94. The van der Waals surface area contributed by atoms with E-state index in [1.807, 2.05) is 0 Å². The fourth-order valence-corrected chi connectivity index (χ4v) is 2.91.